The Morgan fingerprint density at radius 3 is 2.00 bits per heavy atom. The lowest BCUT2D eigenvalue weighted by molar-refractivity contribution is -0.151. The van der Waals surface area contributed by atoms with Crippen LogP contribution in [-0.4, -0.2) is 12.1 Å². The maximum atomic E-state index is 11.6. The lowest BCUT2D eigenvalue weighted by atomic mass is 9.70. The van der Waals surface area contributed by atoms with E-state index in [0.29, 0.717) is 6.42 Å². The van der Waals surface area contributed by atoms with Gasteiger partial charge in [-0.1, -0.05) is 52.4 Å². The van der Waals surface area contributed by atoms with Gasteiger partial charge in [-0.2, -0.15) is 0 Å². The zero-order valence-electron chi connectivity index (χ0n) is 15.5. The third-order valence-electron chi connectivity index (χ3n) is 6.25. The molecule has 134 valence electrons. The Labute approximate surface area is 143 Å². The summed E-state index contributed by atoms with van der Waals surface area (Å²) < 4.78 is 5.60. The van der Waals surface area contributed by atoms with E-state index in [2.05, 4.69) is 6.92 Å². The molecule has 0 aromatic heterocycles. The van der Waals surface area contributed by atoms with Crippen LogP contribution in [0.5, 0.6) is 0 Å². The Kier molecular flexibility index (Phi) is 8.47. The van der Waals surface area contributed by atoms with Gasteiger partial charge in [-0.05, 0) is 62.7 Å². The normalized spacial score (nSPS) is 31.7. The third kappa shape index (κ3) is 6.47. The summed E-state index contributed by atoms with van der Waals surface area (Å²) in [6, 6.07) is 0. The van der Waals surface area contributed by atoms with E-state index in [1.165, 1.54) is 64.2 Å². The van der Waals surface area contributed by atoms with Crippen LogP contribution in [0.2, 0.25) is 0 Å². The molecule has 2 aliphatic rings. The van der Waals surface area contributed by atoms with Crippen molar-refractivity contribution in [2.24, 2.45) is 17.8 Å². The lowest BCUT2D eigenvalue weighted by Crippen LogP contribution is -2.29. The van der Waals surface area contributed by atoms with Crippen molar-refractivity contribution >= 4 is 5.97 Å². The van der Waals surface area contributed by atoms with Crippen LogP contribution in [0.3, 0.4) is 0 Å². The maximum Gasteiger partial charge on any atom is 0.306 e. The first kappa shape index (κ1) is 18.8. The molecule has 0 atom stereocenters. The van der Waals surface area contributed by atoms with Crippen molar-refractivity contribution < 1.29 is 9.53 Å². The van der Waals surface area contributed by atoms with Crippen molar-refractivity contribution in [1.82, 2.24) is 0 Å². The standard InChI is InChI=1S/C21H38O2/c1-3-5-6-8-17-9-11-18(12-10-17)19-13-15-20(16-14-19)23-21(22)7-4-2/h17-20H,3-16H2,1-2H3/t17-,18-,19-,20-. The van der Waals surface area contributed by atoms with Crippen molar-refractivity contribution in [3.63, 3.8) is 0 Å². The summed E-state index contributed by atoms with van der Waals surface area (Å²) in [5, 5.41) is 0. The Balaban J connectivity index is 1.62. The molecule has 0 N–H and O–H groups in total. The number of hydrogen-bond donors (Lipinski definition) is 0. The predicted octanol–water partition coefficient (Wildman–Crippen LogP) is 6.28. The van der Waals surface area contributed by atoms with Crippen molar-refractivity contribution in [2.45, 2.75) is 110 Å². The van der Waals surface area contributed by atoms with E-state index in [-0.39, 0.29) is 12.1 Å². The quantitative estimate of drug-likeness (QED) is 0.388. The monoisotopic (exact) mass is 322 g/mol. The number of rotatable bonds is 8. The molecule has 0 aromatic rings. The number of carbonyl (C=O) groups excluding carboxylic acids is 1. The molecule has 0 unspecified atom stereocenters. The molecule has 0 amide bonds. The summed E-state index contributed by atoms with van der Waals surface area (Å²) in [5.41, 5.74) is 0. The van der Waals surface area contributed by atoms with Crippen molar-refractivity contribution in [1.29, 1.82) is 0 Å². The Bertz CT molecular complexity index is 323. The van der Waals surface area contributed by atoms with Crippen molar-refractivity contribution in [3.05, 3.63) is 0 Å². The largest absolute Gasteiger partial charge is 0.462 e. The van der Waals surface area contributed by atoms with E-state index in [1.54, 1.807) is 0 Å². The van der Waals surface area contributed by atoms with Gasteiger partial charge >= 0.3 is 5.97 Å². The fraction of sp³-hybridized carbons (Fsp3) is 0.952. The smallest absolute Gasteiger partial charge is 0.306 e. The Morgan fingerprint density at radius 1 is 0.826 bits per heavy atom. The summed E-state index contributed by atoms with van der Waals surface area (Å²) in [6.07, 6.45) is 18.0. The highest BCUT2D eigenvalue weighted by molar-refractivity contribution is 5.69. The van der Waals surface area contributed by atoms with Gasteiger partial charge in [0.25, 0.3) is 0 Å². The molecule has 0 heterocycles. The fourth-order valence-corrected chi connectivity index (χ4v) is 4.76. The minimum Gasteiger partial charge on any atom is -0.462 e. The van der Waals surface area contributed by atoms with Crippen LogP contribution in [0.25, 0.3) is 0 Å². The molecule has 2 fully saturated rings. The minimum absolute atomic E-state index is 0.0172. The average molecular weight is 323 g/mol. The van der Waals surface area contributed by atoms with E-state index in [4.69, 9.17) is 4.74 Å². The second-order valence-corrected chi connectivity index (χ2v) is 8.05. The van der Waals surface area contributed by atoms with Gasteiger partial charge in [0.1, 0.15) is 6.10 Å². The molecule has 0 saturated heterocycles. The number of hydrogen-bond acceptors (Lipinski definition) is 2. The highest BCUT2D eigenvalue weighted by Gasteiger charge is 2.31. The summed E-state index contributed by atoms with van der Waals surface area (Å²) in [4.78, 5) is 11.6. The van der Waals surface area contributed by atoms with Crippen molar-refractivity contribution in [2.75, 3.05) is 0 Å². The molecule has 0 bridgehead atoms. The van der Waals surface area contributed by atoms with E-state index >= 15 is 0 Å². The predicted molar refractivity (Wildman–Crippen MR) is 96.3 cm³/mol. The van der Waals surface area contributed by atoms with Gasteiger partial charge in [0.2, 0.25) is 0 Å². The van der Waals surface area contributed by atoms with Crippen LogP contribution < -0.4 is 0 Å². The first-order valence-corrected chi connectivity index (χ1v) is 10.4. The van der Waals surface area contributed by atoms with Crippen LogP contribution >= 0.6 is 0 Å². The molecule has 2 aliphatic carbocycles. The molecule has 2 nitrogen and oxygen atoms in total. The third-order valence-corrected chi connectivity index (χ3v) is 6.25. The molecule has 0 spiro atoms. The van der Waals surface area contributed by atoms with Gasteiger partial charge in [0.15, 0.2) is 0 Å². The van der Waals surface area contributed by atoms with Gasteiger partial charge in [0.05, 0.1) is 0 Å². The summed E-state index contributed by atoms with van der Waals surface area (Å²) in [5.74, 6) is 2.91. The van der Waals surface area contributed by atoms with Gasteiger partial charge in [0, 0.05) is 6.42 Å². The lowest BCUT2D eigenvalue weighted by Gasteiger charge is -2.37. The molecule has 23 heavy (non-hydrogen) atoms. The molecule has 2 saturated carbocycles. The molecule has 0 aliphatic heterocycles. The molecular formula is C21H38O2. The molecule has 0 radical (unpaired) electrons. The first-order valence-electron chi connectivity index (χ1n) is 10.4. The second kappa shape index (κ2) is 10.4. The SMILES string of the molecule is CCCCC[C@H]1CC[C@H]([C@H]2CC[C@H](OC(=O)CCC)CC2)CC1. The number of esters is 1. The highest BCUT2D eigenvalue weighted by Crippen LogP contribution is 2.41. The zero-order valence-corrected chi connectivity index (χ0v) is 15.5. The topological polar surface area (TPSA) is 26.3 Å². The number of unbranched alkanes of at least 4 members (excludes halogenated alkanes) is 2. The Morgan fingerprint density at radius 2 is 1.43 bits per heavy atom. The van der Waals surface area contributed by atoms with E-state index in [1.807, 2.05) is 6.92 Å². The van der Waals surface area contributed by atoms with Crippen LogP contribution in [0, 0.1) is 17.8 Å². The first-order chi connectivity index (χ1) is 11.2. The van der Waals surface area contributed by atoms with E-state index in [0.717, 1.165) is 37.0 Å². The zero-order chi connectivity index (χ0) is 16.5. The van der Waals surface area contributed by atoms with Gasteiger partial charge in [-0.15, -0.1) is 0 Å². The minimum atomic E-state index is 0.0172. The second-order valence-electron chi connectivity index (χ2n) is 8.05. The summed E-state index contributed by atoms with van der Waals surface area (Å²) in [6.45, 7) is 4.34. The van der Waals surface area contributed by atoms with Gasteiger partial charge in [-0.3, -0.25) is 4.79 Å². The summed E-state index contributed by atoms with van der Waals surface area (Å²) in [7, 11) is 0. The Hall–Kier alpha value is -0.530. The van der Waals surface area contributed by atoms with Crippen LogP contribution in [0.15, 0.2) is 0 Å². The van der Waals surface area contributed by atoms with Gasteiger partial charge < -0.3 is 4.74 Å². The van der Waals surface area contributed by atoms with Crippen LogP contribution in [0.4, 0.5) is 0 Å². The molecule has 0 aromatic carbocycles. The van der Waals surface area contributed by atoms with E-state index < -0.39 is 0 Å². The molecule has 2 rings (SSSR count). The van der Waals surface area contributed by atoms with Crippen LogP contribution in [-0.2, 0) is 9.53 Å². The van der Waals surface area contributed by atoms with E-state index in [9.17, 15) is 4.79 Å². The summed E-state index contributed by atoms with van der Waals surface area (Å²) >= 11 is 0. The number of ether oxygens (including phenoxy) is 1. The van der Waals surface area contributed by atoms with Gasteiger partial charge in [-0.25, -0.2) is 0 Å². The molecule has 2 heteroatoms. The maximum absolute atomic E-state index is 11.6. The van der Waals surface area contributed by atoms with Crippen LogP contribution in [0.1, 0.15) is 104 Å². The highest BCUT2D eigenvalue weighted by atomic mass is 16.5. The average Bonchev–Trinajstić information content (AvgIpc) is 2.57. The fourth-order valence-electron chi connectivity index (χ4n) is 4.76. The number of carbonyl (C=O) groups is 1. The molecular weight excluding hydrogens is 284 g/mol. The van der Waals surface area contributed by atoms with Crippen molar-refractivity contribution in [3.8, 4) is 0 Å².